The number of rotatable bonds is 4. The number of piperidine rings is 1. The van der Waals surface area contributed by atoms with Crippen molar-refractivity contribution in [1.29, 1.82) is 0 Å². The van der Waals surface area contributed by atoms with Crippen LogP contribution in [-0.4, -0.2) is 68.9 Å². The number of likely N-dealkylation sites (tertiary alicyclic amines) is 1. The molecule has 4 rings (SSSR count). The van der Waals surface area contributed by atoms with Crippen LogP contribution in [0.3, 0.4) is 0 Å². The number of para-hydroxylation sites is 1. The molecule has 3 heterocycles. The zero-order chi connectivity index (χ0) is 17.3. The molecule has 0 aliphatic carbocycles. The first-order chi connectivity index (χ1) is 12.2. The third kappa shape index (κ3) is 2.76. The molecule has 2 fully saturated rings. The first-order valence-electron chi connectivity index (χ1n) is 8.72. The van der Waals surface area contributed by atoms with Crippen LogP contribution in [-0.2, 0) is 4.79 Å². The van der Waals surface area contributed by atoms with Crippen molar-refractivity contribution in [3.63, 3.8) is 0 Å². The second-order valence-corrected chi connectivity index (χ2v) is 6.80. The molecule has 1 atom stereocenters. The number of benzene rings is 1. The highest BCUT2D eigenvalue weighted by atomic mass is 16.3. The van der Waals surface area contributed by atoms with Gasteiger partial charge in [0.1, 0.15) is 0 Å². The fourth-order valence-electron chi connectivity index (χ4n) is 4.02. The van der Waals surface area contributed by atoms with E-state index in [1.807, 2.05) is 30.3 Å². The van der Waals surface area contributed by atoms with E-state index in [1.165, 1.54) is 0 Å². The largest absolute Gasteiger partial charge is 0.395 e. The molecule has 132 valence electrons. The van der Waals surface area contributed by atoms with Crippen LogP contribution in [0.5, 0.6) is 0 Å². The molecule has 2 aromatic rings. The molecule has 25 heavy (non-hydrogen) atoms. The van der Waals surface area contributed by atoms with Gasteiger partial charge in [-0.1, -0.05) is 23.3 Å². The number of carbonyl (C=O) groups excluding carboxylic acids is 1. The molecule has 1 amide bonds. The van der Waals surface area contributed by atoms with Gasteiger partial charge in [0.2, 0.25) is 11.9 Å². The molecular formula is C17H22N6O2. The summed E-state index contributed by atoms with van der Waals surface area (Å²) < 4.78 is 1.72. The van der Waals surface area contributed by atoms with Gasteiger partial charge in [0, 0.05) is 26.2 Å². The van der Waals surface area contributed by atoms with Crippen LogP contribution in [0.15, 0.2) is 30.3 Å². The molecule has 1 aromatic heterocycles. The molecular weight excluding hydrogens is 320 g/mol. The van der Waals surface area contributed by atoms with Gasteiger partial charge in [0.15, 0.2) is 0 Å². The normalized spacial score (nSPS) is 23.6. The van der Waals surface area contributed by atoms with Crippen molar-refractivity contribution in [3.8, 4) is 5.69 Å². The molecule has 8 heteroatoms. The lowest BCUT2D eigenvalue weighted by Crippen LogP contribution is -2.51. The molecule has 2 aliphatic rings. The van der Waals surface area contributed by atoms with Gasteiger partial charge in [-0.3, -0.25) is 4.79 Å². The van der Waals surface area contributed by atoms with Crippen LogP contribution < -0.4 is 4.90 Å². The lowest BCUT2D eigenvalue weighted by molar-refractivity contribution is -0.145. The van der Waals surface area contributed by atoms with Crippen LogP contribution in [0.2, 0.25) is 0 Å². The number of nitrogens with zero attached hydrogens (tertiary/aromatic N) is 6. The predicted molar refractivity (Wildman–Crippen MR) is 91.3 cm³/mol. The molecule has 0 bridgehead atoms. The number of aliphatic hydroxyl groups is 1. The van der Waals surface area contributed by atoms with Crippen molar-refractivity contribution in [2.45, 2.75) is 19.3 Å². The lowest BCUT2D eigenvalue weighted by atomic mass is 9.78. The maximum Gasteiger partial charge on any atom is 0.250 e. The summed E-state index contributed by atoms with van der Waals surface area (Å²) in [5, 5.41) is 21.3. The smallest absolute Gasteiger partial charge is 0.250 e. The molecule has 1 spiro atoms. The standard InChI is InChI=1S/C17H22N6O2/c24-12-11-21-9-4-7-17(15(21)25)8-10-22(13-17)16-18-19-20-23(16)14-5-2-1-3-6-14/h1-3,5-6,24H,4,7-13H2/t17-/m0/s1. The minimum atomic E-state index is -0.374. The first kappa shape index (κ1) is 16.0. The lowest BCUT2D eigenvalue weighted by Gasteiger charge is -2.39. The predicted octanol–water partition coefficient (Wildman–Crippen LogP) is 0.473. The fraction of sp³-hybridized carbons (Fsp3) is 0.529. The van der Waals surface area contributed by atoms with E-state index in [-0.39, 0.29) is 17.9 Å². The summed E-state index contributed by atoms with van der Waals surface area (Å²) in [5.74, 6) is 0.837. The molecule has 8 nitrogen and oxygen atoms in total. The van der Waals surface area contributed by atoms with Crippen LogP contribution in [0.4, 0.5) is 5.95 Å². The Hall–Kier alpha value is -2.48. The minimum Gasteiger partial charge on any atom is -0.395 e. The van der Waals surface area contributed by atoms with Crippen molar-refractivity contribution in [2.75, 3.05) is 37.7 Å². The van der Waals surface area contributed by atoms with Gasteiger partial charge in [0.25, 0.3) is 0 Å². The summed E-state index contributed by atoms with van der Waals surface area (Å²) in [6.45, 7) is 2.55. The summed E-state index contributed by atoms with van der Waals surface area (Å²) in [4.78, 5) is 16.8. The summed E-state index contributed by atoms with van der Waals surface area (Å²) in [7, 11) is 0. The number of aromatic nitrogens is 4. The van der Waals surface area contributed by atoms with Crippen molar-refractivity contribution in [1.82, 2.24) is 25.1 Å². The van der Waals surface area contributed by atoms with E-state index in [1.54, 1.807) is 9.58 Å². The van der Waals surface area contributed by atoms with E-state index in [0.717, 1.165) is 38.0 Å². The Balaban J connectivity index is 1.58. The molecule has 1 N–H and O–H groups in total. The van der Waals surface area contributed by atoms with Gasteiger partial charge in [-0.15, -0.1) is 0 Å². The maximum atomic E-state index is 12.9. The monoisotopic (exact) mass is 342 g/mol. The van der Waals surface area contributed by atoms with Crippen molar-refractivity contribution >= 4 is 11.9 Å². The van der Waals surface area contributed by atoms with Gasteiger partial charge in [-0.05, 0) is 41.8 Å². The van der Waals surface area contributed by atoms with E-state index in [4.69, 9.17) is 0 Å². The van der Waals surface area contributed by atoms with Crippen molar-refractivity contribution in [2.24, 2.45) is 5.41 Å². The van der Waals surface area contributed by atoms with E-state index in [9.17, 15) is 9.90 Å². The van der Waals surface area contributed by atoms with Gasteiger partial charge in [0.05, 0.1) is 17.7 Å². The summed E-state index contributed by atoms with van der Waals surface area (Å²) >= 11 is 0. The average molecular weight is 342 g/mol. The molecule has 0 radical (unpaired) electrons. The molecule has 2 aliphatic heterocycles. The fourth-order valence-corrected chi connectivity index (χ4v) is 4.02. The minimum absolute atomic E-state index is 0.0117. The highest BCUT2D eigenvalue weighted by Crippen LogP contribution is 2.41. The van der Waals surface area contributed by atoms with Gasteiger partial charge >= 0.3 is 0 Å². The summed E-state index contributed by atoms with van der Waals surface area (Å²) in [5.41, 5.74) is 0.529. The second kappa shape index (κ2) is 6.44. The Kier molecular flexibility index (Phi) is 4.12. The van der Waals surface area contributed by atoms with E-state index in [0.29, 0.717) is 19.0 Å². The molecule has 1 aromatic carbocycles. The second-order valence-electron chi connectivity index (χ2n) is 6.80. The average Bonchev–Trinajstić information content (AvgIpc) is 3.28. The number of hydrogen-bond donors (Lipinski definition) is 1. The zero-order valence-corrected chi connectivity index (χ0v) is 14.1. The number of amides is 1. The first-order valence-corrected chi connectivity index (χ1v) is 8.72. The van der Waals surface area contributed by atoms with E-state index < -0.39 is 0 Å². The van der Waals surface area contributed by atoms with Crippen LogP contribution in [0.25, 0.3) is 5.69 Å². The Labute approximate surface area is 146 Å². The quantitative estimate of drug-likeness (QED) is 0.869. The molecule has 0 saturated carbocycles. The van der Waals surface area contributed by atoms with E-state index >= 15 is 0 Å². The Bertz CT molecular complexity index is 747. The Morgan fingerprint density at radius 3 is 2.80 bits per heavy atom. The number of anilines is 1. The highest BCUT2D eigenvalue weighted by molar-refractivity contribution is 5.85. The maximum absolute atomic E-state index is 12.9. The molecule has 0 unspecified atom stereocenters. The SMILES string of the molecule is O=C1N(CCO)CCC[C@@]12CCN(c1nnnn1-c1ccccc1)C2. The third-order valence-corrected chi connectivity index (χ3v) is 5.28. The van der Waals surface area contributed by atoms with Crippen molar-refractivity contribution in [3.05, 3.63) is 30.3 Å². The number of tetrazole rings is 1. The number of carbonyl (C=O) groups is 1. The van der Waals surface area contributed by atoms with E-state index in [2.05, 4.69) is 20.4 Å². The highest BCUT2D eigenvalue weighted by Gasteiger charge is 2.49. The van der Waals surface area contributed by atoms with Crippen LogP contribution in [0, 0.1) is 5.41 Å². The summed E-state index contributed by atoms with van der Waals surface area (Å²) in [6, 6.07) is 9.77. The van der Waals surface area contributed by atoms with Gasteiger partial charge < -0.3 is 14.9 Å². The van der Waals surface area contributed by atoms with Crippen LogP contribution >= 0.6 is 0 Å². The zero-order valence-electron chi connectivity index (χ0n) is 14.1. The third-order valence-electron chi connectivity index (χ3n) is 5.28. The van der Waals surface area contributed by atoms with Crippen LogP contribution in [0.1, 0.15) is 19.3 Å². The Morgan fingerprint density at radius 2 is 2.00 bits per heavy atom. The molecule has 2 saturated heterocycles. The summed E-state index contributed by atoms with van der Waals surface area (Å²) in [6.07, 6.45) is 2.66. The number of hydrogen-bond acceptors (Lipinski definition) is 6. The van der Waals surface area contributed by atoms with Crippen molar-refractivity contribution < 1.29 is 9.90 Å². The van der Waals surface area contributed by atoms with Gasteiger partial charge in [-0.25, -0.2) is 0 Å². The number of β-amino-alcohol motifs (C(OH)–C–C–N with tert-alkyl or cyclic N) is 1. The topological polar surface area (TPSA) is 87.4 Å². The Morgan fingerprint density at radius 1 is 1.16 bits per heavy atom. The van der Waals surface area contributed by atoms with Gasteiger partial charge in [-0.2, -0.15) is 4.68 Å². The number of aliphatic hydroxyl groups excluding tert-OH is 1.